The molecular formula is C17H13ClFNO2S. The Hall–Kier alpha value is -1.98. The van der Waals surface area contributed by atoms with Gasteiger partial charge in [0.25, 0.3) is 0 Å². The first-order chi connectivity index (χ1) is 11.0. The van der Waals surface area contributed by atoms with Gasteiger partial charge in [0.1, 0.15) is 16.5 Å². The molecule has 2 heterocycles. The highest BCUT2D eigenvalue weighted by molar-refractivity contribution is 7.18. The lowest BCUT2D eigenvalue weighted by Gasteiger charge is -2.12. The summed E-state index contributed by atoms with van der Waals surface area (Å²) in [4.78, 5) is 16.7. The summed E-state index contributed by atoms with van der Waals surface area (Å²) in [6.07, 6.45) is 0. The maximum absolute atomic E-state index is 13.3. The van der Waals surface area contributed by atoms with Crippen molar-refractivity contribution in [2.24, 2.45) is 0 Å². The average molecular weight is 350 g/mol. The Kier molecular flexibility index (Phi) is 4.33. The molecule has 0 fully saturated rings. The third kappa shape index (κ3) is 2.82. The minimum absolute atomic E-state index is 0.0942. The molecule has 0 atom stereocenters. The molecule has 0 aliphatic rings. The van der Waals surface area contributed by atoms with Crippen LogP contribution in [0.25, 0.3) is 21.3 Å². The van der Waals surface area contributed by atoms with E-state index in [2.05, 4.69) is 4.98 Å². The van der Waals surface area contributed by atoms with Gasteiger partial charge in [0, 0.05) is 5.56 Å². The zero-order chi connectivity index (χ0) is 16.6. The summed E-state index contributed by atoms with van der Waals surface area (Å²) in [6.45, 7) is 3.89. The van der Waals surface area contributed by atoms with Gasteiger partial charge in [-0.1, -0.05) is 23.7 Å². The average Bonchev–Trinajstić information content (AvgIpc) is 2.88. The van der Waals surface area contributed by atoms with E-state index >= 15 is 0 Å². The fourth-order valence-corrected chi connectivity index (χ4v) is 3.73. The number of aryl methyl sites for hydroxylation is 1. The first-order valence-electron chi connectivity index (χ1n) is 7.03. The van der Waals surface area contributed by atoms with E-state index in [9.17, 15) is 9.18 Å². The lowest BCUT2D eigenvalue weighted by Crippen LogP contribution is -2.08. The zero-order valence-corrected chi connectivity index (χ0v) is 14.1. The van der Waals surface area contributed by atoms with Crippen LogP contribution in [0.5, 0.6) is 0 Å². The lowest BCUT2D eigenvalue weighted by atomic mass is 10.0. The summed E-state index contributed by atoms with van der Waals surface area (Å²) in [6, 6.07) is 5.95. The van der Waals surface area contributed by atoms with E-state index in [1.807, 2.05) is 12.3 Å². The number of hydrogen-bond acceptors (Lipinski definition) is 4. The molecule has 0 amide bonds. The molecule has 6 heteroatoms. The summed E-state index contributed by atoms with van der Waals surface area (Å²) < 4.78 is 19.2. The van der Waals surface area contributed by atoms with Crippen LogP contribution in [0.15, 0.2) is 29.6 Å². The van der Waals surface area contributed by atoms with E-state index < -0.39 is 5.97 Å². The summed E-state index contributed by atoms with van der Waals surface area (Å²) >= 11 is 7.74. The second-order valence-corrected chi connectivity index (χ2v) is 6.21. The first-order valence-corrected chi connectivity index (χ1v) is 8.29. The van der Waals surface area contributed by atoms with E-state index in [0.29, 0.717) is 11.1 Å². The molecule has 0 saturated carbocycles. The molecular weight excluding hydrogens is 337 g/mol. The maximum atomic E-state index is 13.3. The van der Waals surface area contributed by atoms with Crippen LogP contribution < -0.4 is 0 Å². The summed E-state index contributed by atoms with van der Waals surface area (Å²) in [5.74, 6) is -0.873. The summed E-state index contributed by atoms with van der Waals surface area (Å²) in [5, 5.41) is 2.05. The van der Waals surface area contributed by atoms with Gasteiger partial charge in [-0.3, -0.25) is 0 Å². The highest BCUT2D eigenvalue weighted by Crippen LogP contribution is 2.39. The smallest absolute Gasteiger partial charge is 0.341 e. The molecule has 0 aliphatic carbocycles. The van der Waals surface area contributed by atoms with Crippen molar-refractivity contribution in [3.05, 3.63) is 51.7 Å². The van der Waals surface area contributed by atoms with Crippen molar-refractivity contribution in [1.82, 2.24) is 4.98 Å². The number of thiophene rings is 1. The quantitative estimate of drug-likeness (QED) is 0.479. The number of carbonyl (C=O) groups excluding carboxylic acids is 1. The predicted molar refractivity (Wildman–Crippen MR) is 90.7 cm³/mol. The Labute approximate surface area is 141 Å². The van der Waals surface area contributed by atoms with Crippen molar-refractivity contribution in [2.45, 2.75) is 13.8 Å². The number of nitrogens with zero attached hydrogens (tertiary/aromatic N) is 1. The number of pyridine rings is 1. The van der Waals surface area contributed by atoms with Crippen LogP contribution in [0.4, 0.5) is 4.39 Å². The van der Waals surface area contributed by atoms with E-state index in [-0.39, 0.29) is 23.1 Å². The minimum Gasteiger partial charge on any atom is -0.462 e. The fraction of sp³-hybridized carbons (Fsp3) is 0.176. The SMILES string of the molecule is CCOC(=O)c1c(Cl)nc2c(C)csc2c1-c1ccc(F)cc1. The molecule has 0 saturated heterocycles. The fourth-order valence-electron chi connectivity index (χ4n) is 2.41. The Bertz CT molecular complexity index is 890. The molecule has 0 spiro atoms. The largest absolute Gasteiger partial charge is 0.462 e. The molecule has 23 heavy (non-hydrogen) atoms. The number of esters is 1. The van der Waals surface area contributed by atoms with E-state index in [1.165, 1.54) is 23.5 Å². The van der Waals surface area contributed by atoms with Crippen LogP contribution in [0.1, 0.15) is 22.8 Å². The van der Waals surface area contributed by atoms with Gasteiger partial charge in [0.2, 0.25) is 0 Å². The highest BCUT2D eigenvalue weighted by atomic mass is 35.5. The van der Waals surface area contributed by atoms with Gasteiger partial charge in [0.15, 0.2) is 0 Å². The number of hydrogen-bond donors (Lipinski definition) is 0. The van der Waals surface area contributed by atoms with Crippen molar-refractivity contribution in [3.63, 3.8) is 0 Å². The van der Waals surface area contributed by atoms with Crippen LogP contribution in [0.3, 0.4) is 0 Å². The predicted octanol–water partition coefficient (Wildman–Crippen LogP) is 5.24. The first kappa shape index (κ1) is 15.9. The molecule has 0 N–H and O–H groups in total. The van der Waals surface area contributed by atoms with Gasteiger partial charge in [0.05, 0.1) is 16.8 Å². The topological polar surface area (TPSA) is 39.2 Å². The van der Waals surface area contributed by atoms with Crippen LogP contribution in [-0.2, 0) is 4.74 Å². The van der Waals surface area contributed by atoms with Crippen molar-refractivity contribution >= 4 is 39.1 Å². The molecule has 3 nitrogen and oxygen atoms in total. The normalized spacial score (nSPS) is 11.0. The molecule has 3 rings (SSSR count). The second kappa shape index (κ2) is 6.26. The maximum Gasteiger partial charge on any atom is 0.341 e. The Morgan fingerprint density at radius 1 is 1.35 bits per heavy atom. The van der Waals surface area contributed by atoms with Gasteiger partial charge in [-0.15, -0.1) is 11.3 Å². The van der Waals surface area contributed by atoms with Crippen molar-refractivity contribution in [1.29, 1.82) is 0 Å². The van der Waals surface area contributed by atoms with Crippen LogP contribution in [0.2, 0.25) is 5.15 Å². The molecule has 0 bridgehead atoms. The van der Waals surface area contributed by atoms with Crippen LogP contribution in [-0.4, -0.2) is 17.6 Å². The molecule has 1 aromatic carbocycles. The third-order valence-electron chi connectivity index (χ3n) is 3.45. The number of aromatic nitrogens is 1. The Balaban J connectivity index is 2.36. The van der Waals surface area contributed by atoms with Crippen molar-refractivity contribution in [2.75, 3.05) is 6.61 Å². The second-order valence-electron chi connectivity index (χ2n) is 4.98. The standard InChI is InChI=1S/C17H13ClFNO2S/c1-3-22-17(21)13-12(10-4-6-11(19)7-5-10)15-14(20-16(13)18)9(2)8-23-15/h4-8H,3H2,1-2H3. The minimum atomic E-state index is -0.530. The number of ether oxygens (including phenoxy) is 1. The molecule has 3 aromatic rings. The monoisotopic (exact) mass is 349 g/mol. The molecule has 2 aromatic heterocycles. The van der Waals surface area contributed by atoms with Gasteiger partial charge in [-0.2, -0.15) is 0 Å². The van der Waals surface area contributed by atoms with Gasteiger partial charge >= 0.3 is 5.97 Å². The van der Waals surface area contributed by atoms with E-state index in [1.54, 1.807) is 19.1 Å². The third-order valence-corrected chi connectivity index (χ3v) is 4.83. The van der Waals surface area contributed by atoms with E-state index in [4.69, 9.17) is 16.3 Å². The molecule has 0 unspecified atom stereocenters. The molecule has 118 valence electrons. The number of rotatable bonds is 3. The molecule has 0 aliphatic heterocycles. The van der Waals surface area contributed by atoms with Gasteiger partial charge in [-0.05, 0) is 42.5 Å². The van der Waals surface area contributed by atoms with Crippen molar-refractivity contribution in [3.8, 4) is 11.1 Å². The summed E-state index contributed by atoms with van der Waals surface area (Å²) in [5.41, 5.74) is 3.27. The van der Waals surface area contributed by atoms with Crippen LogP contribution >= 0.6 is 22.9 Å². The van der Waals surface area contributed by atoms with Gasteiger partial charge < -0.3 is 4.74 Å². The van der Waals surface area contributed by atoms with E-state index in [0.717, 1.165) is 15.8 Å². The van der Waals surface area contributed by atoms with Crippen LogP contribution in [0, 0.1) is 12.7 Å². The van der Waals surface area contributed by atoms with Gasteiger partial charge in [-0.25, -0.2) is 14.2 Å². The number of carbonyl (C=O) groups is 1. The number of fused-ring (bicyclic) bond motifs is 1. The summed E-state index contributed by atoms with van der Waals surface area (Å²) in [7, 11) is 0. The Morgan fingerprint density at radius 2 is 2.04 bits per heavy atom. The highest BCUT2D eigenvalue weighted by Gasteiger charge is 2.24. The molecule has 0 radical (unpaired) electrons. The van der Waals surface area contributed by atoms with Crippen molar-refractivity contribution < 1.29 is 13.9 Å². The Morgan fingerprint density at radius 3 is 2.70 bits per heavy atom. The zero-order valence-electron chi connectivity index (χ0n) is 12.5. The number of benzene rings is 1. The lowest BCUT2D eigenvalue weighted by molar-refractivity contribution is 0.0527. The number of halogens is 2.